The van der Waals surface area contributed by atoms with E-state index in [1.165, 1.54) is 4.90 Å². The van der Waals surface area contributed by atoms with Gasteiger partial charge in [0.15, 0.2) is 0 Å². The average molecular weight is 344 g/mol. The lowest BCUT2D eigenvalue weighted by Crippen LogP contribution is -2.36. The van der Waals surface area contributed by atoms with E-state index in [1.807, 2.05) is 45.0 Å². The van der Waals surface area contributed by atoms with Crippen molar-refractivity contribution in [1.29, 1.82) is 0 Å². The number of hydrogen-bond acceptors (Lipinski definition) is 3. The third kappa shape index (κ3) is 6.39. The molecule has 0 unspecified atom stereocenters. The molecular formula is C15H22BrNO3. The molecule has 0 aliphatic heterocycles. The highest BCUT2D eigenvalue weighted by atomic mass is 79.9. The van der Waals surface area contributed by atoms with Crippen molar-refractivity contribution in [3.05, 3.63) is 34.3 Å². The van der Waals surface area contributed by atoms with Gasteiger partial charge in [0.05, 0.1) is 13.2 Å². The predicted molar refractivity (Wildman–Crippen MR) is 82.7 cm³/mol. The van der Waals surface area contributed by atoms with Crippen LogP contribution in [0.25, 0.3) is 0 Å². The zero-order valence-corrected chi connectivity index (χ0v) is 14.1. The van der Waals surface area contributed by atoms with Crippen LogP contribution in [0, 0.1) is 0 Å². The minimum absolute atomic E-state index is 0.331. The summed E-state index contributed by atoms with van der Waals surface area (Å²) in [6, 6.07) is 7.91. The zero-order valence-electron chi connectivity index (χ0n) is 12.5. The quantitative estimate of drug-likeness (QED) is 0.762. The van der Waals surface area contributed by atoms with E-state index in [2.05, 4.69) is 15.9 Å². The van der Waals surface area contributed by atoms with E-state index < -0.39 is 5.60 Å². The fraction of sp³-hybridized carbons (Fsp3) is 0.533. The monoisotopic (exact) mass is 343 g/mol. The standard InChI is InChI=1S/C15H22BrNO3/c1-15(2,3)20-14(18)17(4)9-10-19-11-12-7-5-6-8-13(12)16/h5-8H,9-11H2,1-4H3. The Balaban J connectivity index is 2.27. The van der Waals surface area contributed by atoms with Gasteiger partial charge in [0, 0.05) is 18.1 Å². The van der Waals surface area contributed by atoms with E-state index in [-0.39, 0.29) is 6.09 Å². The van der Waals surface area contributed by atoms with Crippen LogP contribution >= 0.6 is 15.9 Å². The van der Waals surface area contributed by atoms with Gasteiger partial charge in [-0.2, -0.15) is 0 Å². The van der Waals surface area contributed by atoms with Crippen molar-refractivity contribution in [2.75, 3.05) is 20.2 Å². The summed E-state index contributed by atoms with van der Waals surface area (Å²) in [4.78, 5) is 13.2. The lowest BCUT2D eigenvalue weighted by atomic mass is 10.2. The molecule has 0 aliphatic rings. The van der Waals surface area contributed by atoms with Gasteiger partial charge < -0.3 is 14.4 Å². The smallest absolute Gasteiger partial charge is 0.410 e. The van der Waals surface area contributed by atoms with Crippen LogP contribution in [0.5, 0.6) is 0 Å². The third-order valence-corrected chi connectivity index (χ3v) is 3.27. The van der Waals surface area contributed by atoms with Crippen molar-refractivity contribution >= 4 is 22.0 Å². The van der Waals surface area contributed by atoms with Crippen molar-refractivity contribution in [1.82, 2.24) is 4.90 Å². The van der Waals surface area contributed by atoms with Crippen LogP contribution in [-0.2, 0) is 16.1 Å². The fourth-order valence-electron chi connectivity index (χ4n) is 1.43. The van der Waals surface area contributed by atoms with Crippen molar-refractivity contribution in [2.24, 2.45) is 0 Å². The highest BCUT2D eigenvalue weighted by Crippen LogP contribution is 2.16. The summed E-state index contributed by atoms with van der Waals surface area (Å²) in [5.41, 5.74) is 0.619. The molecule has 0 aromatic heterocycles. The molecule has 1 amide bonds. The van der Waals surface area contributed by atoms with E-state index in [9.17, 15) is 4.79 Å². The number of ether oxygens (including phenoxy) is 2. The minimum Gasteiger partial charge on any atom is -0.444 e. The summed E-state index contributed by atoms with van der Waals surface area (Å²) in [7, 11) is 1.70. The van der Waals surface area contributed by atoms with E-state index in [4.69, 9.17) is 9.47 Å². The maximum atomic E-state index is 11.7. The third-order valence-electron chi connectivity index (χ3n) is 2.49. The van der Waals surface area contributed by atoms with Crippen LogP contribution in [0.3, 0.4) is 0 Å². The number of hydrogen-bond donors (Lipinski definition) is 0. The van der Waals surface area contributed by atoms with Gasteiger partial charge in [-0.05, 0) is 32.4 Å². The van der Waals surface area contributed by atoms with Crippen LogP contribution in [0.1, 0.15) is 26.3 Å². The molecule has 0 aliphatic carbocycles. The van der Waals surface area contributed by atoms with Gasteiger partial charge in [0.2, 0.25) is 0 Å². The molecule has 0 heterocycles. The second kappa shape index (κ2) is 7.64. The maximum Gasteiger partial charge on any atom is 0.410 e. The molecule has 0 fully saturated rings. The van der Waals surface area contributed by atoms with Crippen LogP contribution in [0.15, 0.2) is 28.7 Å². The Morgan fingerprint density at radius 1 is 1.30 bits per heavy atom. The maximum absolute atomic E-state index is 11.7. The second-order valence-electron chi connectivity index (χ2n) is 5.55. The largest absolute Gasteiger partial charge is 0.444 e. The highest BCUT2D eigenvalue weighted by molar-refractivity contribution is 9.10. The molecule has 1 rings (SSSR count). The number of benzene rings is 1. The lowest BCUT2D eigenvalue weighted by Gasteiger charge is -2.24. The van der Waals surface area contributed by atoms with Gasteiger partial charge in [-0.3, -0.25) is 0 Å². The summed E-state index contributed by atoms with van der Waals surface area (Å²) >= 11 is 3.47. The Morgan fingerprint density at radius 2 is 1.95 bits per heavy atom. The second-order valence-corrected chi connectivity index (χ2v) is 6.40. The molecule has 0 radical (unpaired) electrons. The molecular weight excluding hydrogens is 322 g/mol. The number of carbonyl (C=O) groups is 1. The van der Waals surface area contributed by atoms with E-state index in [0.29, 0.717) is 19.8 Å². The summed E-state index contributed by atoms with van der Waals surface area (Å²) in [5.74, 6) is 0. The fourth-order valence-corrected chi connectivity index (χ4v) is 1.83. The van der Waals surface area contributed by atoms with E-state index >= 15 is 0 Å². The zero-order chi connectivity index (χ0) is 15.2. The molecule has 0 saturated carbocycles. The first-order chi connectivity index (χ1) is 9.29. The molecule has 20 heavy (non-hydrogen) atoms. The number of halogens is 1. The molecule has 0 N–H and O–H groups in total. The normalized spacial score (nSPS) is 11.2. The molecule has 1 aromatic carbocycles. The van der Waals surface area contributed by atoms with Crippen molar-refractivity contribution in [3.63, 3.8) is 0 Å². The molecule has 0 bridgehead atoms. The van der Waals surface area contributed by atoms with Gasteiger partial charge in [0.25, 0.3) is 0 Å². The molecule has 112 valence electrons. The summed E-state index contributed by atoms with van der Waals surface area (Å²) < 4.78 is 11.9. The van der Waals surface area contributed by atoms with E-state index in [0.717, 1.165) is 10.0 Å². The van der Waals surface area contributed by atoms with Crippen LogP contribution in [0.2, 0.25) is 0 Å². The Labute approximate surface area is 129 Å². The van der Waals surface area contributed by atoms with Crippen molar-refractivity contribution < 1.29 is 14.3 Å². The Kier molecular flexibility index (Phi) is 6.49. The summed E-state index contributed by atoms with van der Waals surface area (Å²) in [6.45, 7) is 7.03. The first-order valence-corrected chi connectivity index (χ1v) is 7.34. The molecule has 5 heteroatoms. The highest BCUT2D eigenvalue weighted by Gasteiger charge is 2.19. The summed E-state index contributed by atoms with van der Waals surface area (Å²) in [6.07, 6.45) is -0.331. The van der Waals surface area contributed by atoms with Crippen LogP contribution < -0.4 is 0 Å². The summed E-state index contributed by atoms with van der Waals surface area (Å²) in [5, 5.41) is 0. The van der Waals surface area contributed by atoms with Gasteiger partial charge in [-0.1, -0.05) is 34.1 Å². The van der Waals surface area contributed by atoms with Crippen molar-refractivity contribution in [2.45, 2.75) is 33.0 Å². The molecule has 1 aromatic rings. The Bertz CT molecular complexity index is 443. The molecule has 4 nitrogen and oxygen atoms in total. The number of nitrogens with zero attached hydrogens (tertiary/aromatic N) is 1. The molecule has 0 saturated heterocycles. The van der Waals surface area contributed by atoms with Crippen LogP contribution in [0.4, 0.5) is 4.79 Å². The van der Waals surface area contributed by atoms with E-state index in [1.54, 1.807) is 7.05 Å². The van der Waals surface area contributed by atoms with Crippen LogP contribution in [-0.4, -0.2) is 36.8 Å². The predicted octanol–water partition coefficient (Wildman–Crippen LogP) is 3.83. The van der Waals surface area contributed by atoms with Crippen molar-refractivity contribution in [3.8, 4) is 0 Å². The van der Waals surface area contributed by atoms with Gasteiger partial charge >= 0.3 is 6.09 Å². The van der Waals surface area contributed by atoms with Gasteiger partial charge in [-0.25, -0.2) is 4.79 Å². The Morgan fingerprint density at radius 3 is 2.55 bits per heavy atom. The van der Waals surface area contributed by atoms with Gasteiger partial charge in [-0.15, -0.1) is 0 Å². The number of amides is 1. The lowest BCUT2D eigenvalue weighted by molar-refractivity contribution is 0.0221. The SMILES string of the molecule is CN(CCOCc1ccccc1Br)C(=O)OC(C)(C)C. The first kappa shape index (κ1) is 17.0. The Hall–Kier alpha value is -1.07. The topological polar surface area (TPSA) is 38.8 Å². The number of rotatable bonds is 5. The molecule has 0 atom stereocenters. The molecule has 0 spiro atoms. The number of likely N-dealkylation sites (N-methyl/N-ethyl adjacent to an activating group) is 1. The average Bonchev–Trinajstić information content (AvgIpc) is 2.34. The first-order valence-electron chi connectivity index (χ1n) is 6.55. The minimum atomic E-state index is -0.471. The van der Waals surface area contributed by atoms with Gasteiger partial charge in [0.1, 0.15) is 5.60 Å². The number of carbonyl (C=O) groups excluding carboxylic acids is 1.